The molecular weight excluding hydrogens is 204 g/mol. The Balaban J connectivity index is 2.51. The molecule has 1 fully saturated rings. The molecular formula is C12H24N2O2. The Labute approximate surface area is 97.8 Å². The van der Waals surface area contributed by atoms with Crippen LogP contribution < -0.4 is 10.6 Å². The Kier molecular flexibility index (Phi) is 4.74. The van der Waals surface area contributed by atoms with Crippen molar-refractivity contribution >= 4 is 5.91 Å². The Hall–Kier alpha value is -0.610. The molecule has 1 rings (SSSR count). The number of carbonyl (C=O) groups excluding carboxylic acids is 1. The van der Waals surface area contributed by atoms with Crippen LogP contribution in [0.5, 0.6) is 0 Å². The van der Waals surface area contributed by atoms with Crippen LogP contribution in [0.2, 0.25) is 0 Å². The van der Waals surface area contributed by atoms with Crippen molar-refractivity contribution in [1.82, 2.24) is 10.6 Å². The zero-order valence-electron chi connectivity index (χ0n) is 10.5. The summed E-state index contributed by atoms with van der Waals surface area (Å²) in [5.41, 5.74) is -0.467. The van der Waals surface area contributed by atoms with Crippen molar-refractivity contribution in [2.24, 2.45) is 5.92 Å². The van der Waals surface area contributed by atoms with Gasteiger partial charge in [0.2, 0.25) is 5.91 Å². The molecule has 4 nitrogen and oxygen atoms in total. The summed E-state index contributed by atoms with van der Waals surface area (Å²) in [6, 6.07) is 0.409. The van der Waals surface area contributed by atoms with Gasteiger partial charge >= 0.3 is 0 Å². The lowest BCUT2D eigenvalue weighted by Crippen LogP contribution is -2.52. The van der Waals surface area contributed by atoms with Crippen LogP contribution in [-0.2, 0) is 4.79 Å². The Morgan fingerprint density at radius 2 is 2.31 bits per heavy atom. The predicted molar refractivity (Wildman–Crippen MR) is 64.1 cm³/mol. The third-order valence-electron chi connectivity index (χ3n) is 3.55. The number of rotatable bonds is 4. The third kappa shape index (κ3) is 3.46. The minimum absolute atomic E-state index is 0.00420. The molecule has 1 aliphatic heterocycles. The largest absolute Gasteiger partial charge is 0.394 e. The minimum atomic E-state index is -0.467. The van der Waals surface area contributed by atoms with E-state index in [1.807, 2.05) is 13.8 Å². The van der Waals surface area contributed by atoms with Gasteiger partial charge in [-0.15, -0.1) is 0 Å². The highest BCUT2D eigenvalue weighted by molar-refractivity contribution is 5.79. The molecule has 4 heteroatoms. The summed E-state index contributed by atoms with van der Waals surface area (Å²) >= 11 is 0. The van der Waals surface area contributed by atoms with Gasteiger partial charge in [-0.2, -0.15) is 0 Å². The molecule has 0 bridgehead atoms. The van der Waals surface area contributed by atoms with Crippen molar-refractivity contribution in [2.45, 2.75) is 51.6 Å². The zero-order valence-corrected chi connectivity index (χ0v) is 10.5. The second-order valence-electron chi connectivity index (χ2n) is 5.14. The van der Waals surface area contributed by atoms with Crippen LogP contribution in [0.15, 0.2) is 0 Å². The Morgan fingerprint density at radius 1 is 1.62 bits per heavy atom. The number of aliphatic hydroxyl groups is 1. The highest BCUT2D eigenvalue weighted by Crippen LogP contribution is 2.18. The van der Waals surface area contributed by atoms with Gasteiger partial charge in [-0.25, -0.2) is 0 Å². The van der Waals surface area contributed by atoms with E-state index in [0.29, 0.717) is 6.04 Å². The van der Waals surface area contributed by atoms with Crippen LogP contribution >= 0.6 is 0 Å². The average Bonchev–Trinajstić information content (AvgIpc) is 2.29. The molecule has 0 spiro atoms. The van der Waals surface area contributed by atoms with Crippen molar-refractivity contribution in [3.8, 4) is 0 Å². The maximum absolute atomic E-state index is 12.0. The van der Waals surface area contributed by atoms with Gasteiger partial charge in [-0.1, -0.05) is 6.92 Å². The molecule has 0 aromatic carbocycles. The molecule has 1 saturated heterocycles. The van der Waals surface area contributed by atoms with Crippen molar-refractivity contribution in [3.63, 3.8) is 0 Å². The van der Waals surface area contributed by atoms with Gasteiger partial charge in [0.1, 0.15) is 0 Å². The Morgan fingerprint density at radius 3 is 2.81 bits per heavy atom. The topological polar surface area (TPSA) is 61.4 Å². The summed E-state index contributed by atoms with van der Waals surface area (Å²) < 4.78 is 0. The van der Waals surface area contributed by atoms with Crippen LogP contribution in [0.1, 0.15) is 40.0 Å². The van der Waals surface area contributed by atoms with E-state index >= 15 is 0 Å². The van der Waals surface area contributed by atoms with E-state index in [2.05, 4.69) is 17.6 Å². The lowest BCUT2D eigenvalue weighted by molar-refractivity contribution is -0.128. The van der Waals surface area contributed by atoms with Gasteiger partial charge in [0, 0.05) is 12.0 Å². The summed E-state index contributed by atoms with van der Waals surface area (Å²) in [4.78, 5) is 12.0. The quantitative estimate of drug-likeness (QED) is 0.662. The van der Waals surface area contributed by atoms with E-state index in [0.717, 1.165) is 25.8 Å². The first kappa shape index (κ1) is 13.5. The van der Waals surface area contributed by atoms with Crippen LogP contribution in [0.4, 0.5) is 0 Å². The van der Waals surface area contributed by atoms with Crippen molar-refractivity contribution in [2.75, 3.05) is 13.2 Å². The molecule has 1 aliphatic rings. The SMILES string of the molecule is CCC(C)(CO)NC(=O)C1CCNC(C)C1. The second kappa shape index (κ2) is 5.64. The smallest absolute Gasteiger partial charge is 0.223 e. The highest BCUT2D eigenvalue weighted by atomic mass is 16.3. The molecule has 0 radical (unpaired) electrons. The fraction of sp³-hybridized carbons (Fsp3) is 0.917. The molecule has 16 heavy (non-hydrogen) atoms. The fourth-order valence-corrected chi connectivity index (χ4v) is 2.01. The molecule has 0 aliphatic carbocycles. The standard InChI is InChI=1S/C12H24N2O2/c1-4-12(3,8-15)14-11(16)10-5-6-13-9(2)7-10/h9-10,13,15H,4-8H2,1-3H3,(H,14,16). The van der Waals surface area contributed by atoms with Crippen LogP contribution in [0, 0.1) is 5.92 Å². The van der Waals surface area contributed by atoms with Gasteiger partial charge in [0.05, 0.1) is 12.1 Å². The van der Waals surface area contributed by atoms with Gasteiger partial charge in [0.15, 0.2) is 0 Å². The van der Waals surface area contributed by atoms with Crippen molar-refractivity contribution in [3.05, 3.63) is 0 Å². The maximum atomic E-state index is 12.0. The number of aliphatic hydroxyl groups excluding tert-OH is 1. The molecule has 1 heterocycles. The summed E-state index contributed by atoms with van der Waals surface area (Å²) in [6.07, 6.45) is 2.52. The minimum Gasteiger partial charge on any atom is -0.394 e. The first-order valence-corrected chi connectivity index (χ1v) is 6.17. The molecule has 0 saturated carbocycles. The summed E-state index contributed by atoms with van der Waals surface area (Å²) in [5.74, 6) is 0.181. The molecule has 0 aromatic rings. The number of piperidine rings is 1. The molecule has 3 N–H and O–H groups in total. The van der Waals surface area contributed by atoms with E-state index < -0.39 is 5.54 Å². The van der Waals surface area contributed by atoms with Crippen LogP contribution in [0.25, 0.3) is 0 Å². The molecule has 0 aromatic heterocycles. The van der Waals surface area contributed by atoms with Crippen LogP contribution in [0.3, 0.4) is 0 Å². The number of nitrogens with one attached hydrogen (secondary N) is 2. The summed E-state index contributed by atoms with van der Waals surface area (Å²) in [6.45, 7) is 6.86. The van der Waals surface area contributed by atoms with E-state index in [9.17, 15) is 9.90 Å². The predicted octanol–water partition coefficient (Wildman–Crippen LogP) is 0.652. The third-order valence-corrected chi connectivity index (χ3v) is 3.55. The van der Waals surface area contributed by atoms with E-state index in [1.54, 1.807) is 0 Å². The van der Waals surface area contributed by atoms with E-state index in [1.165, 1.54) is 0 Å². The van der Waals surface area contributed by atoms with Gasteiger partial charge < -0.3 is 15.7 Å². The van der Waals surface area contributed by atoms with Gasteiger partial charge in [-0.05, 0) is 39.7 Å². The summed E-state index contributed by atoms with van der Waals surface area (Å²) in [5, 5.41) is 15.6. The average molecular weight is 228 g/mol. The van der Waals surface area contributed by atoms with Gasteiger partial charge in [-0.3, -0.25) is 4.79 Å². The lowest BCUT2D eigenvalue weighted by Gasteiger charge is -2.32. The van der Waals surface area contributed by atoms with E-state index in [4.69, 9.17) is 0 Å². The highest BCUT2D eigenvalue weighted by Gasteiger charge is 2.30. The molecule has 3 unspecified atom stereocenters. The fourth-order valence-electron chi connectivity index (χ4n) is 2.01. The normalized spacial score (nSPS) is 29.5. The summed E-state index contributed by atoms with van der Waals surface area (Å²) in [7, 11) is 0. The van der Waals surface area contributed by atoms with Crippen molar-refractivity contribution < 1.29 is 9.90 Å². The Bertz CT molecular complexity index is 239. The molecule has 94 valence electrons. The maximum Gasteiger partial charge on any atom is 0.223 e. The van der Waals surface area contributed by atoms with E-state index in [-0.39, 0.29) is 18.4 Å². The van der Waals surface area contributed by atoms with Gasteiger partial charge in [0.25, 0.3) is 0 Å². The zero-order chi connectivity index (χ0) is 12.2. The van der Waals surface area contributed by atoms with Crippen molar-refractivity contribution in [1.29, 1.82) is 0 Å². The second-order valence-corrected chi connectivity index (χ2v) is 5.14. The molecule has 1 amide bonds. The first-order chi connectivity index (χ1) is 7.50. The monoisotopic (exact) mass is 228 g/mol. The lowest BCUT2D eigenvalue weighted by atomic mass is 9.90. The number of amides is 1. The number of hydrogen-bond donors (Lipinski definition) is 3. The number of hydrogen-bond acceptors (Lipinski definition) is 3. The van der Waals surface area contributed by atoms with Crippen LogP contribution in [-0.4, -0.2) is 35.7 Å². The first-order valence-electron chi connectivity index (χ1n) is 6.17. The number of carbonyl (C=O) groups is 1. The molecule has 3 atom stereocenters.